The fourth-order valence-corrected chi connectivity index (χ4v) is 2.73. The van der Waals surface area contributed by atoms with Crippen molar-refractivity contribution in [3.05, 3.63) is 53.6 Å². The molecule has 0 aromatic heterocycles. The quantitative estimate of drug-likeness (QED) is 0.815. The number of hydrogen-bond acceptors (Lipinski definition) is 4. The highest BCUT2D eigenvalue weighted by atomic mass is 32.2. The molecule has 122 valence electrons. The summed E-state index contributed by atoms with van der Waals surface area (Å²) in [5, 5.41) is 2.99. The zero-order valence-electron chi connectivity index (χ0n) is 13.8. The van der Waals surface area contributed by atoms with Crippen LogP contribution in [-0.4, -0.2) is 26.4 Å². The van der Waals surface area contributed by atoms with Crippen molar-refractivity contribution in [3.8, 4) is 11.5 Å². The number of ether oxygens (including phenoxy) is 2. The monoisotopic (exact) mass is 331 g/mol. The predicted molar refractivity (Wildman–Crippen MR) is 93.7 cm³/mol. The second kappa shape index (κ2) is 7.92. The van der Waals surface area contributed by atoms with E-state index in [9.17, 15) is 4.79 Å². The molecule has 2 aromatic carbocycles. The molecular weight excluding hydrogens is 310 g/mol. The van der Waals surface area contributed by atoms with E-state index in [1.54, 1.807) is 30.0 Å². The Hall–Kier alpha value is -2.14. The summed E-state index contributed by atoms with van der Waals surface area (Å²) in [6.07, 6.45) is 2.04. The summed E-state index contributed by atoms with van der Waals surface area (Å²) < 4.78 is 10.6. The van der Waals surface area contributed by atoms with Gasteiger partial charge in [0.05, 0.1) is 20.3 Å². The molecule has 0 saturated heterocycles. The Morgan fingerprint density at radius 3 is 2.09 bits per heavy atom. The summed E-state index contributed by atoms with van der Waals surface area (Å²) in [6, 6.07) is 13.3. The third-order valence-electron chi connectivity index (χ3n) is 3.62. The summed E-state index contributed by atoms with van der Waals surface area (Å²) in [7, 11) is 3.08. The zero-order valence-corrected chi connectivity index (χ0v) is 14.6. The van der Waals surface area contributed by atoms with Gasteiger partial charge in [0.25, 0.3) is 5.91 Å². The van der Waals surface area contributed by atoms with Crippen molar-refractivity contribution in [1.82, 2.24) is 5.32 Å². The largest absolute Gasteiger partial charge is 0.496 e. The smallest absolute Gasteiger partial charge is 0.259 e. The normalized spacial score (nSPS) is 11.7. The Kier molecular flexibility index (Phi) is 5.93. The van der Waals surface area contributed by atoms with Crippen molar-refractivity contribution in [1.29, 1.82) is 0 Å². The molecule has 0 unspecified atom stereocenters. The molecule has 0 bridgehead atoms. The lowest BCUT2D eigenvalue weighted by Gasteiger charge is -2.17. The van der Waals surface area contributed by atoms with E-state index >= 15 is 0 Å². The molecule has 2 aromatic rings. The van der Waals surface area contributed by atoms with E-state index in [0.717, 1.165) is 5.56 Å². The Bertz CT molecular complexity index is 648. The molecule has 0 aliphatic rings. The maximum absolute atomic E-state index is 12.6. The fourth-order valence-electron chi connectivity index (χ4n) is 2.32. The second-order valence-electron chi connectivity index (χ2n) is 5.01. The van der Waals surface area contributed by atoms with Gasteiger partial charge >= 0.3 is 0 Å². The summed E-state index contributed by atoms with van der Waals surface area (Å²) in [5.41, 5.74) is 1.45. The number of hydrogen-bond donors (Lipinski definition) is 1. The number of nitrogens with one attached hydrogen (secondary N) is 1. The Balaban J connectivity index is 2.21. The van der Waals surface area contributed by atoms with Crippen molar-refractivity contribution < 1.29 is 14.3 Å². The topological polar surface area (TPSA) is 47.6 Å². The number of carbonyl (C=O) groups excluding carboxylic acids is 1. The van der Waals surface area contributed by atoms with Crippen LogP contribution < -0.4 is 14.8 Å². The van der Waals surface area contributed by atoms with Gasteiger partial charge in [-0.3, -0.25) is 4.79 Å². The standard InChI is InChI=1S/C18H21NO3S/c1-12(13-8-10-14(23-4)11-9-13)19-18(20)17-15(21-2)6-5-7-16(17)22-3/h5-12H,1-4H3,(H,19,20)/t12-/m0/s1. The Labute approximate surface area is 141 Å². The highest BCUT2D eigenvalue weighted by molar-refractivity contribution is 7.98. The lowest BCUT2D eigenvalue weighted by molar-refractivity contribution is 0.0933. The van der Waals surface area contributed by atoms with Gasteiger partial charge in [0.15, 0.2) is 0 Å². The molecule has 0 heterocycles. The maximum atomic E-state index is 12.6. The minimum atomic E-state index is -0.222. The summed E-state index contributed by atoms with van der Waals surface area (Å²) >= 11 is 1.69. The zero-order chi connectivity index (χ0) is 16.8. The molecule has 5 heteroatoms. The first kappa shape index (κ1) is 17.2. The van der Waals surface area contributed by atoms with Crippen LogP contribution in [0.2, 0.25) is 0 Å². The van der Waals surface area contributed by atoms with Crippen molar-refractivity contribution in [2.45, 2.75) is 17.9 Å². The third kappa shape index (κ3) is 3.99. The third-order valence-corrected chi connectivity index (χ3v) is 4.36. The molecule has 0 saturated carbocycles. The molecule has 1 N–H and O–H groups in total. The van der Waals surface area contributed by atoms with Crippen LogP contribution in [0.4, 0.5) is 0 Å². The lowest BCUT2D eigenvalue weighted by atomic mass is 10.1. The van der Waals surface area contributed by atoms with Gasteiger partial charge in [-0.25, -0.2) is 0 Å². The van der Waals surface area contributed by atoms with Crippen LogP contribution in [0.25, 0.3) is 0 Å². The Morgan fingerprint density at radius 1 is 1.04 bits per heavy atom. The molecule has 0 fully saturated rings. The molecule has 1 amide bonds. The van der Waals surface area contributed by atoms with Crippen molar-refractivity contribution in [2.75, 3.05) is 20.5 Å². The molecule has 4 nitrogen and oxygen atoms in total. The number of methoxy groups -OCH3 is 2. The summed E-state index contributed by atoms with van der Waals surface area (Å²) in [4.78, 5) is 13.8. The number of thioether (sulfide) groups is 1. The molecule has 23 heavy (non-hydrogen) atoms. The Morgan fingerprint density at radius 2 is 1.61 bits per heavy atom. The van der Waals surface area contributed by atoms with E-state index in [1.165, 1.54) is 19.1 Å². The predicted octanol–water partition coefficient (Wildman–Crippen LogP) is 3.92. The van der Waals surface area contributed by atoms with Gasteiger partial charge in [0.1, 0.15) is 17.1 Å². The van der Waals surface area contributed by atoms with Crippen LogP contribution >= 0.6 is 11.8 Å². The first-order valence-corrected chi connectivity index (χ1v) is 8.49. The van der Waals surface area contributed by atoms with Gasteiger partial charge in [-0.15, -0.1) is 11.8 Å². The minimum absolute atomic E-state index is 0.118. The minimum Gasteiger partial charge on any atom is -0.496 e. The molecular formula is C18H21NO3S. The van der Waals surface area contributed by atoms with Gasteiger partial charge in [-0.1, -0.05) is 18.2 Å². The fraction of sp³-hybridized carbons (Fsp3) is 0.278. The molecule has 0 aliphatic carbocycles. The van der Waals surface area contributed by atoms with E-state index in [0.29, 0.717) is 17.1 Å². The van der Waals surface area contributed by atoms with Gasteiger partial charge in [-0.2, -0.15) is 0 Å². The number of amides is 1. The lowest BCUT2D eigenvalue weighted by Crippen LogP contribution is -2.27. The highest BCUT2D eigenvalue weighted by Crippen LogP contribution is 2.29. The van der Waals surface area contributed by atoms with Gasteiger partial charge in [0.2, 0.25) is 0 Å². The van der Waals surface area contributed by atoms with Crippen molar-refractivity contribution in [3.63, 3.8) is 0 Å². The van der Waals surface area contributed by atoms with E-state index in [4.69, 9.17) is 9.47 Å². The van der Waals surface area contributed by atoms with Crippen molar-refractivity contribution in [2.24, 2.45) is 0 Å². The molecule has 0 spiro atoms. The molecule has 0 radical (unpaired) electrons. The molecule has 1 atom stereocenters. The van der Waals surface area contributed by atoms with Gasteiger partial charge < -0.3 is 14.8 Å². The molecule has 0 aliphatic heterocycles. The van der Waals surface area contributed by atoms with Crippen LogP contribution in [0.3, 0.4) is 0 Å². The SMILES string of the molecule is COc1cccc(OC)c1C(=O)N[C@@H](C)c1ccc(SC)cc1. The maximum Gasteiger partial charge on any atom is 0.259 e. The summed E-state index contributed by atoms with van der Waals surface area (Å²) in [6.45, 7) is 1.95. The second-order valence-corrected chi connectivity index (χ2v) is 5.89. The average molecular weight is 331 g/mol. The summed E-state index contributed by atoms with van der Waals surface area (Å²) in [5.74, 6) is 0.763. The first-order valence-electron chi connectivity index (χ1n) is 7.26. The van der Waals surface area contributed by atoms with E-state index in [-0.39, 0.29) is 11.9 Å². The molecule has 2 rings (SSSR count). The van der Waals surface area contributed by atoms with Crippen LogP contribution in [0.5, 0.6) is 11.5 Å². The average Bonchev–Trinajstić information content (AvgIpc) is 2.60. The first-order chi connectivity index (χ1) is 11.1. The highest BCUT2D eigenvalue weighted by Gasteiger charge is 2.20. The van der Waals surface area contributed by atoms with E-state index < -0.39 is 0 Å². The van der Waals surface area contributed by atoms with Crippen LogP contribution in [-0.2, 0) is 0 Å². The number of benzene rings is 2. The van der Waals surface area contributed by atoms with Crippen molar-refractivity contribution >= 4 is 17.7 Å². The van der Waals surface area contributed by atoms with Crippen LogP contribution in [0, 0.1) is 0 Å². The van der Waals surface area contributed by atoms with E-state index in [1.807, 2.05) is 37.4 Å². The van der Waals surface area contributed by atoms with Gasteiger partial charge in [0, 0.05) is 4.90 Å². The van der Waals surface area contributed by atoms with Crippen LogP contribution in [0.1, 0.15) is 28.9 Å². The van der Waals surface area contributed by atoms with Gasteiger partial charge in [-0.05, 0) is 43.0 Å². The van der Waals surface area contributed by atoms with Crippen LogP contribution in [0.15, 0.2) is 47.4 Å². The number of rotatable bonds is 6. The van der Waals surface area contributed by atoms with E-state index in [2.05, 4.69) is 5.32 Å². The number of carbonyl (C=O) groups is 1.